The van der Waals surface area contributed by atoms with Crippen LogP contribution >= 0.6 is 0 Å². The summed E-state index contributed by atoms with van der Waals surface area (Å²) in [5.41, 5.74) is 0. The third-order valence-corrected chi connectivity index (χ3v) is 3.40. The molecular formula is C19H23NO. The Labute approximate surface area is 127 Å². The normalized spacial score (nSPS) is 10.7. The molecule has 0 saturated carbocycles. The number of benzene rings is 2. The summed E-state index contributed by atoms with van der Waals surface area (Å²) in [6.07, 6.45) is 4.84. The second-order valence-electron chi connectivity index (χ2n) is 5.02. The number of nitrogens with zero attached hydrogens (tertiary/aromatic N) is 1. The minimum Gasteiger partial charge on any atom is -0.493 e. The van der Waals surface area contributed by atoms with E-state index in [1.165, 1.54) is 10.8 Å². The molecular weight excluding hydrogens is 258 g/mol. The van der Waals surface area contributed by atoms with Gasteiger partial charge in [-0.15, -0.1) is 13.2 Å². The predicted molar refractivity (Wildman–Crippen MR) is 90.9 cm³/mol. The predicted octanol–water partition coefficient (Wildman–Crippen LogP) is 4.28. The third kappa shape index (κ3) is 4.47. The lowest BCUT2D eigenvalue weighted by Crippen LogP contribution is -2.26. The van der Waals surface area contributed by atoms with Gasteiger partial charge < -0.3 is 4.74 Å². The zero-order valence-electron chi connectivity index (χ0n) is 12.5. The van der Waals surface area contributed by atoms with Crippen LogP contribution in [0.25, 0.3) is 10.8 Å². The molecule has 0 unspecified atom stereocenters. The largest absolute Gasteiger partial charge is 0.493 e. The summed E-state index contributed by atoms with van der Waals surface area (Å²) in [5, 5.41) is 2.39. The van der Waals surface area contributed by atoms with Gasteiger partial charge in [0.25, 0.3) is 0 Å². The van der Waals surface area contributed by atoms with E-state index in [4.69, 9.17) is 4.74 Å². The molecule has 0 saturated heterocycles. The Morgan fingerprint density at radius 3 is 2.43 bits per heavy atom. The van der Waals surface area contributed by atoms with Gasteiger partial charge in [0.05, 0.1) is 6.61 Å². The van der Waals surface area contributed by atoms with Crippen LogP contribution in [-0.4, -0.2) is 31.1 Å². The average Bonchev–Trinajstić information content (AvgIpc) is 2.52. The molecule has 0 aliphatic carbocycles. The Bertz CT molecular complexity index is 576. The summed E-state index contributed by atoms with van der Waals surface area (Å²) < 4.78 is 5.95. The molecule has 0 amide bonds. The van der Waals surface area contributed by atoms with Crippen molar-refractivity contribution >= 4 is 10.8 Å². The van der Waals surface area contributed by atoms with Gasteiger partial charge in [-0.2, -0.15) is 0 Å². The lowest BCUT2D eigenvalue weighted by molar-refractivity contribution is 0.264. The van der Waals surface area contributed by atoms with E-state index in [1.54, 1.807) is 0 Å². The summed E-state index contributed by atoms with van der Waals surface area (Å²) >= 11 is 0. The van der Waals surface area contributed by atoms with Crippen molar-refractivity contribution in [3.05, 3.63) is 67.8 Å². The fourth-order valence-electron chi connectivity index (χ4n) is 2.41. The van der Waals surface area contributed by atoms with Gasteiger partial charge in [0, 0.05) is 25.0 Å². The minimum atomic E-state index is 0.721. The van der Waals surface area contributed by atoms with Gasteiger partial charge in [0.2, 0.25) is 0 Å². The van der Waals surface area contributed by atoms with Crippen molar-refractivity contribution < 1.29 is 4.74 Å². The van der Waals surface area contributed by atoms with Crippen LogP contribution in [0.2, 0.25) is 0 Å². The van der Waals surface area contributed by atoms with E-state index in [2.05, 4.69) is 42.3 Å². The first-order valence-electron chi connectivity index (χ1n) is 7.40. The highest BCUT2D eigenvalue weighted by atomic mass is 16.5. The van der Waals surface area contributed by atoms with E-state index in [0.29, 0.717) is 0 Å². The Hall–Kier alpha value is -2.06. The average molecular weight is 281 g/mol. The van der Waals surface area contributed by atoms with E-state index in [-0.39, 0.29) is 0 Å². The summed E-state index contributed by atoms with van der Waals surface area (Å²) in [5.74, 6) is 0.965. The highest BCUT2D eigenvalue weighted by Gasteiger charge is 2.03. The van der Waals surface area contributed by atoms with Gasteiger partial charge in [-0.25, -0.2) is 0 Å². The first-order valence-corrected chi connectivity index (χ1v) is 7.40. The molecule has 2 heteroatoms. The topological polar surface area (TPSA) is 12.5 Å². The van der Waals surface area contributed by atoms with Crippen molar-refractivity contribution in [3.8, 4) is 5.75 Å². The Morgan fingerprint density at radius 2 is 1.67 bits per heavy atom. The van der Waals surface area contributed by atoms with Crippen LogP contribution in [0.3, 0.4) is 0 Å². The van der Waals surface area contributed by atoms with Gasteiger partial charge in [0.1, 0.15) is 5.75 Å². The molecule has 0 heterocycles. The molecule has 0 spiro atoms. The summed E-state index contributed by atoms with van der Waals surface area (Å²) in [4.78, 5) is 2.30. The highest BCUT2D eigenvalue weighted by molar-refractivity contribution is 5.88. The molecule has 0 N–H and O–H groups in total. The van der Waals surface area contributed by atoms with Crippen LogP contribution in [0.4, 0.5) is 0 Å². The smallest absolute Gasteiger partial charge is 0.127 e. The molecule has 21 heavy (non-hydrogen) atoms. The van der Waals surface area contributed by atoms with E-state index in [1.807, 2.05) is 30.4 Å². The summed E-state index contributed by atoms with van der Waals surface area (Å²) in [6.45, 7) is 11.1. The van der Waals surface area contributed by atoms with Crippen LogP contribution in [-0.2, 0) is 0 Å². The van der Waals surface area contributed by atoms with Crippen molar-refractivity contribution in [2.24, 2.45) is 0 Å². The van der Waals surface area contributed by atoms with Crippen LogP contribution in [0, 0.1) is 0 Å². The maximum Gasteiger partial charge on any atom is 0.127 e. The van der Waals surface area contributed by atoms with Crippen LogP contribution in [0.5, 0.6) is 5.75 Å². The zero-order valence-corrected chi connectivity index (χ0v) is 12.5. The molecule has 2 rings (SSSR count). The molecule has 2 aromatic carbocycles. The molecule has 0 bridgehead atoms. The third-order valence-electron chi connectivity index (χ3n) is 3.40. The Balaban J connectivity index is 1.87. The fourth-order valence-corrected chi connectivity index (χ4v) is 2.41. The SMILES string of the molecule is C=CCN(CC=C)CCCOc1cccc2ccccc12. The second-order valence-corrected chi connectivity index (χ2v) is 5.02. The van der Waals surface area contributed by atoms with Crippen LogP contribution in [0.15, 0.2) is 67.8 Å². The van der Waals surface area contributed by atoms with Crippen molar-refractivity contribution in [1.29, 1.82) is 0 Å². The molecule has 0 aromatic heterocycles. The monoisotopic (exact) mass is 281 g/mol. The Morgan fingerprint density at radius 1 is 0.952 bits per heavy atom. The summed E-state index contributed by atoms with van der Waals surface area (Å²) in [7, 11) is 0. The Kier molecular flexibility index (Phi) is 6.04. The van der Waals surface area contributed by atoms with E-state index >= 15 is 0 Å². The molecule has 2 nitrogen and oxygen atoms in total. The number of rotatable bonds is 9. The maximum absolute atomic E-state index is 5.95. The second kappa shape index (κ2) is 8.28. The summed E-state index contributed by atoms with van der Waals surface area (Å²) in [6, 6.07) is 14.5. The molecule has 110 valence electrons. The van der Waals surface area contributed by atoms with Gasteiger partial charge in [0.15, 0.2) is 0 Å². The molecule has 0 aliphatic rings. The number of fused-ring (bicyclic) bond motifs is 1. The van der Waals surface area contributed by atoms with Gasteiger partial charge in [-0.1, -0.05) is 48.6 Å². The standard InChI is InChI=1S/C19H23NO/c1-3-13-20(14-4-2)15-8-16-21-19-12-7-10-17-9-5-6-11-18(17)19/h3-7,9-12H,1-2,8,13-16H2. The fraction of sp³-hybridized carbons (Fsp3) is 0.263. The minimum absolute atomic E-state index is 0.721. The van der Waals surface area contributed by atoms with Crippen molar-refractivity contribution in [2.45, 2.75) is 6.42 Å². The highest BCUT2D eigenvalue weighted by Crippen LogP contribution is 2.25. The molecule has 0 atom stereocenters. The lowest BCUT2D eigenvalue weighted by atomic mass is 10.1. The quantitative estimate of drug-likeness (QED) is 0.502. The van der Waals surface area contributed by atoms with Gasteiger partial charge in [-0.05, 0) is 17.9 Å². The van der Waals surface area contributed by atoms with Crippen LogP contribution in [0.1, 0.15) is 6.42 Å². The molecule has 0 aliphatic heterocycles. The number of hydrogen-bond acceptors (Lipinski definition) is 2. The van der Waals surface area contributed by atoms with E-state index in [0.717, 1.165) is 38.4 Å². The van der Waals surface area contributed by atoms with Crippen molar-refractivity contribution in [3.63, 3.8) is 0 Å². The van der Waals surface area contributed by atoms with Gasteiger partial charge in [-0.3, -0.25) is 4.90 Å². The van der Waals surface area contributed by atoms with E-state index in [9.17, 15) is 0 Å². The number of hydrogen-bond donors (Lipinski definition) is 0. The van der Waals surface area contributed by atoms with Gasteiger partial charge >= 0.3 is 0 Å². The van der Waals surface area contributed by atoms with E-state index < -0.39 is 0 Å². The molecule has 2 aromatic rings. The molecule has 0 fully saturated rings. The first-order chi connectivity index (χ1) is 10.3. The molecule has 0 radical (unpaired) electrons. The zero-order chi connectivity index (χ0) is 14.9. The first kappa shape index (κ1) is 15.3. The van der Waals surface area contributed by atoms with Crippen LogP contribution < -0.4 is 4.74 Å². The lowest BCUT2D eigenvalue weighted by Gasteiger charge is -2.18. The maximum atomic E-state index is 5.95. The van der Waals surface area contributed by atoms with Crippen molar-refractivity contribution in [2.75, 3.05) is 26.2 Å². The van der Waals surface area contributed by atoms with Crippen molar-refractivity contribution in [1.82, 2.24) is 4.90 Å². The number of ether oxygens (including phenoxy) is 1.